The zero-order chi connectivity index (χ0) is 14.7. The summed E-state index contributed by atoms with van der Waals surface area (Å²) in [5.41, 5.74) is 8.56. The molecule has 20 heavy (non-hydrogen) atoms. The Morgan fingerprint density at radius 3 is 2.45 bits per heavy atom. The Morgan fingerprint density at radius 1 is 1.15 bits per heavy atom. The van der Waals surface area contributed by atoms with E-state index in [1.807, 2.05) is 31.2 Å². The first-order valence-electron chi connectivity index (χ1n) is 6.00. The maximum absolute atomic E-state index is 9.05. The highest BCUT2D eigenvalue weighted by atomic mass is 16.5. The molecule has 0 unspecified atom stereocenters. The molecule has 0 saturated heterocycles. The van der Waals surface area contributed by atoms with E-state index in [-0.39, 0.29) is 5.82 Å². The van der Waals surface area contributed by atoms with Gasteiger partial charge in [-0.1, -0.05) is 6.07 Å². The van der Waals surface area contributed by atoms with Crippen molar-refractivity contribution in [3.05, 3.63) is 35.5 Å². The van der Waals surface area contributed by atoms with E-state index in [9.17, 15) is 0 Å². The Kier molecular flexibility index (Phi) is 3.76. The number of nitrogens with zero attached hydrogens (tertiary/aromatic N) is 2. The maximum Gasteiger partial charge on any atom is 0.161 e. The van der Waals surface area contributed by atoms with Gasteiger partial charge in [-0.3, -0.25) is 0 Å². The summed E-state index contributed by atoms with van der Waals surface area (Å²) in [6.07, 6.45) is 0. The predicted molar refractivity (Wildman–Crippen MR) is 76.6 cm³/mol. The molecule has 1 heterocycles. The average Bonchev–Trinajstić information content (AvgIpc) is 2.46. The molecule has 0 amide bonds. The minimum absolute atomic E-state index is 0.245. The van der Waals surface area contributed by atoms with Gasteiger partial charge in [-0.25, -0.2) is 4.98 Å². The number of methoxy groups -OCH3 is 2. The second-order valence-corrected chi connectivity index (χ2v) is 4.24. The number of nitrogen functional groups attached to an aromatic ring is 1. The average molecular weight is 269 g/mol. The molecular weight excluding hydrogens is 254 g/mol. The molecule has 0 aliphatic heterocycles. The summed E-state index contributed by atoms with van der Waals surface area (Å²) in [6, 6.07) is 9.33. The van der Waals surface area contributed by atoms with Crippen LogP contribution in [0.25, 0.3) is 11.1 Å². The van der Waals surface area contributed by atoms with Crippen LogP contribution in [0.5, 0.6) is 11.5 Å². The molecule has 0 aliphatic carbocycles. The van der Waals surface area contributed by atoms with Crippen LogP contribution in [0.1, 0.15) is 11.3 Å². The quantitative estimate of drug-likeness (QED) is 0.926. The number of ether oxygens (including phenoxy) is 2. The lowest BCUT2D eigenvalue weighted by Crippen LogP contribution is -1.99. The standard InChI is InChI=1S/C15H15N3O2/c1-9-12(6-11(8-16)15(17)18-9)10-4-5-13(19-2)14(7-10)20-3/h4-7H,1-3H3,(H2,17,18). The molecule has 1 aromatic carbocycles. The van der Waals surface area contributed by atoms with Gasteiger partial charge in [0.15, 0.2) is 11.5 Å². The number of hydrogen-bond acceptors (Lipinski definition) is 5. The van der Waals surface area contributed by atoms with Crippen molar-refractivity contribution in [2.24, 2.45) is 0 Å². The predicted octanol–water partition coefficient (Wildman–Crippen LogP) is 2.53. The van der Waals surface area contributed by atoms with Gasteiger partial charge in [0.25, 0.3) is 0 Å². The fourth-order valence-corrected chi connectivity index (χ4v) is 2.01. The molecule has 2 N–H and O–H groups in total. The Morgan fingerprint density at radius 2 is 1.85 bits per heavy atom. The van der Waals surface area contributed by atoms with E-state index >= 15 is 0 Å². The number of nitrogens with two attached hydrogens (primary N) is 1. The molecule has 5 nitrogen and oxygen atoms in total. The van der Waals surface area contributed by atoms with Gasteiger partial charge in [-0.2, -0.15) is 5.26 Å². The van der Waals surface area contributed by atoms with Crippen LogP contribution in [0.15, 0.2) is 24.3 Å². The number of rotatable bonds is 3. The van der Waals surface area contributed by atoms with Crippen molar-refractivity contribution in [3.63, 3.8) is 0 Å². The number of anilines is 1. The number of aryl methyl sites for hydroxylation is 1. The largest absolute Gasteiger partial charge is 0.493 e. The fraction of sp³-hybridized carbons (Fsp3) is 0.200. The van der Waals surface area contributed by atoms with Crippen molar-refractivity contribution in [1.82, 2.24) is 4.98 Å². The third kappa shape index (κ3) is 2.36. The van der Waals surface area contributed by atoms with E-state index in [4.69, 9.17) is 20.5 Å². The van der Waals surface area contributed by atoms with Crippen molar-refractivity contribution in [1.29, 1.82) is 5.26 Å². The van der Waals surface area contributed by atoms with E-state index < -0.39 is 0 Å². The number of pyridine rings is 1. The molecule has 0 saturated carbocycles. The van der Waals surface area contributed by atoms with Crippen LogP contribution >= 0.6 is 0 Å². The van der Waals surface area contributed by atoms with Crippen LogP contribution in [0.4, 0.5) is 5.82 Å². The van der Waals surface area contributed by atoms with Crippen LogP contribution in [-0.4, -0.2) is 19.2 Å². The van der Waals surface area contributed by atoms with Gasteiger partial charge in [0.1, 0.15) is 11.9 Å². The Balaban J connectivity index is 2.60. The third-order valence-corrected chi connectivity index (χ3v) is 3.06. The molecule has 0 aliphatic rings. The number of aromatic nitrogens is 1. The molecule has 102 valence electrons. The molecule has 0 spiro atoms. The zero-order valence-corrected chi connectivity index (χ0v) is 11.6. The van der Waals surface area contributed by atoms with E-state index in [1.54, 1.807) is 20.3 Å². The summed E-state index contributed by atoms with van der Waals surface area (Å²) in [4.78, 5) is 4.20. The highest BCUT2D eigenvalue weighted by Crippen LogP contribution is 2.34. The lowest BCUT2D eigenvalue weighted by atomic mass is 10.0. The number of nitriles is 1. The smallest absolute Gasteiger partial charge is 0.161 e. The Labute approximate surface area is 117 Å². The minimum atomic E-state index is 0.245. The van der Waals surface area contributed by atoms with Crippen molar-refractivity contribution in [3.8, 4) is 28.7 Å². The highest BCUT2D eigenvalue weighted by molar-refractivity contribution is 5.72. The van der Waals surface area contributed by atoms with Gasteiger partial charge in [0.2, 0.25) is 0 Å². The molecule has 0 bridgehead atoms. The van der Waals surface area contributed by atoms with Crippen LogP contribution in [0.3, 0.4) is 0 Å². The molecular formula is C15H15N3O2. The monoisotopic (exact) mass is 269 g/mol. The summed E-state index contributed by atoms with van der Waals surface area (Å²) in [7, 11) is 3.16. The molecule has 0 radical (unpaired) electrons. The van der Waals surface area contributed by atoms with E-state index in [0.717, 1.165) is 16.8 Å². The van der Waals surface area contributed by atoms with Gasteiger partial charge in [-0.05, 0) is 30.7 Å². The van der Waals surface area contributed by atoms with E-state index in [0.29, 0.717) is 17.1 Å². The highest BCUT2D eigenvalue weighted by Gasteiger charge is 2.11. The molecule has 1 aromatic heterocycles. The summed E-state index contributed by atoms with van der Waals surface area (Å²) in [5, 5.41) is 9.05. The van der Waals surface area contributed by atoms with Crippen molar-refractivity contribution >= 4 is 5.82 Å². The van der Waals surface area contributed by atoms with Crippen LogP contribution in [0.2, 0.25) is 0 Å². The second-order valence-electron chi connectivity index (χ2n) is 4.24. The van der Waals surface area contributed by atoms with E-state index in [1.165, 1.54) is 0 Å². The SMILES string of the molecule is COc1ccc(-c2cc(C#N)c(N)nc2C)cc1OC. The molecule has 0 fully saturated rings. The normalized spacial score (nSPS) is 9.90. The topological polar surface area (TPSA) is 81.2 Å². The summed E-state index contributed by atoms with van der Waals surface area (Å²) < 4.78 is 10.5. The number of hydrogen-bond donors (Lipinski definition) is 1. The molecule has 5 heteroatoms. The van der Waals surface area contributed by atoms with Gasteiger partial charge in [0.05, 0.1) is 19.8 Å². The first-order valence-corrected chi connectivity index (χ1v) is 6.00. The van der Waals surface area contributed by atoms with Gasteiger partial charge < -0.3 is 15.2 Å². The zero-order valence-electron chi connectivity index (χ0n) is 11.6. The van der Waals surface area contributed by atoms with Gasteiger partial charge in [-0.15, -0.1) is 0 Å². The third-order valence-electron chi connectivity index (χ3n) is 3.06. The van der Waals surface area contributed by atoms with Gasteiger partial charge >= 0.3 is 0 Å². The van der Waals surface area contributed by atoms with Crippen LogP contribution in [-0.2, 0) is 0 Å². The summed E-state index contributed by atoms with van der Waals surface area (Å²) >= 11 is 0. The van der Waals surface area contributed by atoms with Crippen molar-refractivity contribution in [2.75, 3.05) is 20.0 Å². The van der Waals surface area contributed by atoms with Gasteiger partial charge in [0, 0.05) is 11.3 Å². The van der Waals surface area contributed by atoms with Crippen LogP contribution in [0, 0.1) is 18.3 Å². The lowest BCUT2D eigenvalue weighted by Gasteiger charge is -2.12. The van der Waals surface area contributed by atoms with Crippen molar-refractivity contribution < 1.29 is 9.47 Å². The Hall–Kier alpha value is -2.74. The lowest BCUT2D eigenvalue weighted by molar-refractivity contribution is 0.355. The molecule has 2 rings (SSSR count). The minimum Gasteiger partial charge on any atom is -0.493 e. The summed E-state index contributed by atoms with van der Waals surface area (Å²) in [6.45, 7) is 1.85. The fourth-order valence-electron chi connectivity index (χ4n) is 2.01. The van der Waals surface area contributed by atoms with Crippen molar-refractivity contribution in [2.45, 2.75) is 6.92 Å². The second kappa shape index (κ2) is 5.49. The molecule has 0 atom stereocenters. The number of benzene rings is 1. The molecule has 2 aromatic rings. The first kappa shape index (κ1) is 13.7. The van der Waals surface area contributed by atoms with E-state index in [2.05, 4.69) is 4.98 Å². The first-order chi connectivity index (χ1) is 9.60. The Bertz CT molecular complexity index is 690. The maximum atomic E-state index is 9.05. The summed E-state index contributed by atoms with van der Waals surface area (Å²) in [5.74, 6) is 1.52. The van der Waals surface area contributed by atoms with Crippen LogP contribution < -0.4 is 15.2 Å².